The number of aromatic amines is 1. The van der Waals surface area contributed by atoms with Gasteiger partial charge in [0.25, 0.3) is 0 Å². The molecule has 0 radical (unpaired) electrons. The molecule has 0 saturated carbocycles. The van der Waals surface area contributed by atoms with Gasteiger partial charge in [-0.15, -0.1) is 0 Å². The van der Waals surface area contributed by atoms with E-state index in [9.17, 15) is 0 Å². The van der Waals surface area contributed by atoms with Crippen molar-refractivity contribution < 1.29 is 0 Å². The molecule has 1 aromatic heterocycles. The molecule has 20 heavy (non-hydrogen) atoms. The molecular weight excluding hydrogens is 244 g/mol. The summed E-state index contributed by atoms with van der Waals surface area (Å²) in [5.41, 5.74) is 5.04. The number of aromatic nitrogens is 2. The first kappa shape index (κ1) is 12.9. The third kappa shape index (κ3) is 2.34. The van der Waals surface area contributed by atoms with E-state index in [-0.39, 0.29) is 0 Å². The van der Waals surface area contributed by atoms with Crippen LogP contribution in [-0.2, 0) is 0 Å². The molecule has 0 aliphatic heterocycles. The number of hydrogen-bond donors (Lipinski definition) is 1. The SMILES string of the molecule is CCC(CC)c1ccc(-c2ccc3[nH]ncc3c2)cc1. The molecule has 0 unspecified atom stereocenters. The summed E-state index contributed by atoms with van der Waals surface area (Å²) >= 11 is 0. The minimum Gasteiger partial charge on any atom is -0.278 e. The maximum absolute atomic E-state index is 4.07. The second kappa shape index (κ2) is 5.49. The molecule has 2 nitrogen and oxygen atoms in total. The fourth-order valence-corrected chi connectivity index (χ4v) is 2.83. The Kier molecular flexibility index (Phi) is 3.55. The Morgan fingerprint density at radius 2 is 1.65 bits per heavy atom. The molecule has 0 amide bonds. The Bertz CT molecular complexity index is 691. The van der Waals surface area contributed by atoms with Crippen molar-refractivity contribution in [2.24, 2.45) is 0 Å². The highest BCUT2D eigenvalue weighted by atomic mass is 15.1. The molecule has 2 heteroatoms. The molecule has 0 aliphatic rings. The Labute approximate surface area is 119 Å². The smallest absolute Gasteiger partial charge is 0.0650 e. The maximum atomic E-state index is 4.07. The Morgan fingerprint density at radius 3 is 2.35 bits per heavy atom. The van der Waals surface area contributed by atoms with Gasteiger partial charge in [-0.2, -0.15) is 5.10 Å². The van der Waals surface area contributed by atoms with Crippen LogP contribution in [0.4, 0.5) is 0 Å². The van der Waals surface area contributed by atoms with Crippen molar-refractivity contribution in [2.45, 2.75) is 32.6 Å². The summed E-state index contributed by atoms with van der Waals surface area (Å²) in [6, 6.07) is 15.4. The lowest BCUT2D eigenvalue weighted by Crippen LogP contribution is -1.94. The van der Waals surface area contributed by atoms with E-state index < -0.39 is 0 Å². The van der Waals surface area contributed by atoms with Crippen molar-refractivity contribution in [3.63, 3.8) is 0 Å². The second-order valence-corrected chi connectivity index (χ2v) is 5.31. The van der Waals surface area contributed by atoms with Crippen molar-refractivity contribution in [3.05, 3.63) is 54.2 Å². The molecule has 102 valence electrons. The first-order valence-electron chi connectivity index (χ1n) is 7.35. The zero-order valence-corrected chi connectivity index (χ0v) is 12.1. The van der Waals surface area contributed by atoms with E-state index in [1.807, 2.05) is 6.20 Å². The number of nitrogens with one attached hydrogen (secondary N) is 1. The number of fused-ring (bicyclic) bond motifs is 1. The van der Waals surface area contributed by atoms with E-state index in [1.54, 1.807) is 0 Å². The molecule has 0 bridgehead atoms. The fourth-order valence-electron chi connectivity index (χ4n) is 2.83. The largest absolute Gasteiger partial charge is 0.278 e. The number of hydrogen-bond acceptors (Lipinski definition) is 1. The molecule has 2 aromatic carbocycles. The average molecular weight is 264 g/mol. The van der Waals surface area contributed by atoms with Gasteiger partial charge in [-0.1, -0.05) is 44.2 Å². The molecule has 1 N–H and O–H groups in total. The summed E-state index contributed by atoms with van der Waals surface area (Å²) in [6.45, 7) is 4.52. The molecule has 0 atom stereocenters. The Balaban J connectivity index is 1.93. The number of benzene rings is 2. The summed E-state index contributed by atoms with van der Waals surface area (Å²) in [5, 5.41) is 8.22. The van der Waals surface area contributed by atoms with Gasteiger partial charge >= 0.3 is 0 Å². The minimum absolute atomic E-state index is 0.681. The standard InChI is InChI=1S/C18H20N2/c1-3-13(4-2)14-5-7-15(8-6-14)16-9-10-18-17(11-16)12-19-20-18/h5-13H,3-4H2,1-2H3,(H,19,20). The predicted molar refractivity (Wildman–Crippen MR) is 84.9 cm³/mol. The van der Waals surface area contributed by atoms with Crippen molar-refractivity contribution in [3.8, 4) is 11.1 Å². The summed E-state index contributed by atoms with van der Waals surface area (Å²) in [4.78, 5) is 0. The van der Waals surface area contributed by atoms with E-state index >= 15 is 0 Å². The normalized spacial score (nSPS) is 11.3. The van der Waals surface area contributed by atoms with Gasteiger partial charge in [0.2, 0.25) is 0 Å². The lowest BCUT2D eigenvalue weighted by molar-refractivity contribution is 0.642. The van der Waals surface area contributed by atoms with Crippen LogP contribution in [0.15, 0.2) is 48.7 Å². The van der Waals surface area contributed by atoms with Gasteiger partial charge in [0.15, 0.2) is 0 Å². The van der Waals surface area contributed by atoms with Crippen LogP contribution < -0.4 is 0 Å². The van der Waals surface area contributed by atoms with Crippen molar-refractivity contribution in [1.29, 1.82) is 0 Å². The highest BCUT2D eigenvalue weighted by Crippen LogP contribution is 2.27. The topological polar surface area (TPSA) is 28.7 Å². The molecule has 0 saturated heterocycles. The zero-order chi connectivity index (χ0) is 13.9. The molecule has 3 aromatic rings. The van der Waals surface area contributed by atoms with E-state index in [1.165, 1.54) is 29.5 Å². The number of rotatable bonds is 4. The first-order valence-corrected chi connectivity index (χ1v) is 7.35. The van der Waals surface area contributed by atoms with Crippen LogP contribution in [0.5, 0.6) is 0 Å². The molecule has 0 fully saturated rings. The lowest BCUT2D eigenvalue weighted by atomic mass is 9.92. The maximum Gasteiger partial charge on any atom is 0.0650 e. The van der Waals surface area contributed by atoms with Gasteiger partial charge in [0, 0.05) is 5.39 Å². The van der Waals surface area contributed by atoms with Crippen LogP contribution in [-0.4, -0.2) is 10.2 Å². The van der Waals surface area contributed by atoms with Gasteiger partial charge in [-0.05, 0) is 47.6 Å². The van der Waals surface area contributed by atoms with Crippen molar-refractivity contribution >= 4 is 10.9 Å². The van der Waals surface area contributed by atoms with Crippen molar-refractivity contribution in [2.75, 3.05) is 0 Å². The average Bonchev–Trinajstić information content (AvgIpc) is 2.96. The van der Waals surface area contributed by atoms with Gasteiger partial charge in [-0.3, -0.25) is 5.10 Å². The van der Waals surface area contributed by atoms with E-state index in [0.717, 1.165) is 10.9 Å². The lowest BCUT2D eigenvalue weighted by Gasteiger charge is -2.13. The van der Waals surface area contributed by atoms with Crippen LogP contribution in [0.3, 0.4) is 0 Å². The van der Waals surface area contributed by atoms with Crippen LogP contribution in [0.25, 0.3) is 22.0 Å². The van der Waals surface area contributed by atoms with Gasteiger partial charge in [-0.25, -0.2) is 0 Å². The van der Waals surface area contributed by atoms with E-state index in [0.29, 0.717) is 5.92 Å². The number of nitrogens with zero attached hydrogens (tertiary/aromatic N) is 1. The van der Waals surface area contributed by atoms with Crippen molar-refractivity contribution in [1.82, 2.24) is 10.2 Å². The molecule has 3 rings (SSSR count). The second-order valence-electron chi connectivity index (χ2n) is 5.31. The highest BCUT2D eigenvalue weighted by molar-refractivity contribution is 5.83. The Hall–Kier alpha value is -2.09. The fraction of sp³-hybridized carbons (Fsp3) is 0.278. The van der Waals surface area contributed by atoms with Crippen LogP contribution >= 0.6 is 0 Å². The third-order valence-corrected chi connectivity index (χ3v) is 4.14. The van der Waals surface area contributed by atoms with Gasteiger partial charge in [0.05, 0.1) is 11.7 Å². The quantitative estimate of drug-likeness (QED) is 0.695. The summed E-state index contributed by atoms with van der Waals surface area (Å²) < 4.78 is 0. The summed E-state index contributed by atoms with van der Waals surface area (Å²) in [5.74, 6) is 0.681. The van der Waals surface area contributed by atoms with E-state index in [4.69, 9.17) is 0 Å². The Morgan fingerprint density at radius 1 is 0.950 bits per heavy atom. The molecule has 1 heterocycles. The van der Waals surface area contributed by atoms with Gasteiger partial charge < -0.3 is 0 Å². The molecular formula is C18H20N2. The zero-order valence-electron chi connectivity index (χ0n) is 12.1. The minimum atomic E-state index is 0.681. The van der Waals surface area contributed by atoms with Crippen LogP contribution in [0.2, 0.25) is 0 Å². The highest BCUT2D eigenvalue weighted by Gasteiger charge is 2.07. The predicted octanol–water partition coefficient (Wildman–Crippen LogP) is 5.13. The first-order chi connectivity index (χ1) is 9.81. The number of H-pyrrole nitrogens is 1. The summed E-state index contributed by atoms with van der Waals surface area (Å²) in [6.07, 6.45) is 4.28. The van der Waals surface area contributed by atoms with Crippen LogP contribution in [0.1, 0.15) is 38.2 Å². The van der Waals surface area contributed by atoms with Gasteiger partial charge in [0.1, 0.15) is 0 Å². The van der Waals surface area contributed by atoms with E-state index in [2.05, 4.69) is 66.5 Å². The molecule has 0 aliphatic carbocycles. The molecule has 0 spiro atoms. The summed E-state index contributed by atoms with van der Waals surface area (Å²) in [7, 11) is 0. The third-order valence-electron chi connectivity index (χ3n) is 4.14. The van der Waals surface area contributed by atoms with Crippen LogP contribution in [0, 0.1) is 0 Å². The monoisotopic (exact) mass is 264 g/mol.